The molecular weight excluding hydrogens is 410 g/mol. The number of aryl methyl sites for hydroxylation is 1. The lowest BCUT2D eigenvalue weighted by Gasteiger charge is -2.31. The molecule has 0 saturated heterocycles. The Balaban J connectivity index is 2.78. The van der Waals surface area contributed by atoms with Crippen molar-refractivity contribution >= 4 is 18.1 Å². The Labute approximate surface area is 187 Å². The van der Waals surface area contributed by atoms with Crippen LogP contribution in [0.1, 0.15) is 36.5 Å². The van der Waals surface area contributed by atoms with Gasteiger partial charge in [0.15, 0.2) is 17.7 Å². The highest BCUT2D eigenvalue weighted by Crippen LogP contribution is 2.35. The van der Waals surface area contributed by atoms with Crippen LogP contribution in [-0.2, 0) is 21.4 Å². The molecule has 9 heteroatoms. The maximum Gasteiger partial charge on any atom is 0.358 e. The Kier molecular flexibility index (Phi) is 8.30. The molecule has 9 nitrogen and oxygen atoms in total. The second-order valence-corrected chi connectivity index (χ2v) is 7.24. The van der Waals surface area contributed by atoms with Crippen LogP contribution in [0.3, 0.4) is 0 Å². The third-order valence-electron chi connectivity index (χ3n) is 5.26. The van der Waals surface area contributed by atoms with Crippen LogP contribution in [0.5, 0.6) is 0 Å². The third-order valence-corrected chi connectivity index (χ3v) is 5.26. The minimum Gasteiger partial charge on any atom is -0.491 e. The summed E-state index contributed by atoms with van der Waals surface area (Å²) in [6.45, 7) is 4.36. The Hall–Kier alpha value is -3.93. The lowest BCUT2D eigenvalue weighted by molar-refractivity contribution is -0.133. The van der Waals surface area contributed by atoms with Crippen molar-refractivity contribution in [1.29, 1.82) is 5.26 Å². The summed E-state index contributed by atoms with van der Waals surface area (Å²) in [7, 11) is 4.81. The molecule has 0 fully saturated rings. The summed E-state index contributed by atoms with van der Waals surface area (Å²) >= 11 is 0. The zero-order valence-electron chi connectivity index (χ0n) is 18.8. The number of aliphatic carboxylic acids is 1. The Morgan fingerprint density at radius 3 is 2.62 bits per heavy atom. The van der Waals surface area contributed by atoms with Gasteiger partial charge in [0, 0.05) is 38.7 Å². The van der Waals surface area contributed by atoms with Gasteiger partial charge in [-0.15, -0.1) is 0 Å². The molecule has 0 aliphatic heterocycles. The van der Waals surface area contributed by atoms with Gasteiger partial charge in [-0.3, -0.25) is 9.48 Å². The van der Waals surface area contributed by atoms with E-state index in [2.05, 4.69) is 16.2 Å². The monoisotopic (exact) mass is 437 g/mol. The number of carboxylic acids is 1. The van der Waals surface area contributed by atoms with E-state index in [0.717, 1.165) is 11.1 Å². The van der Waals surface area contributed by atoms with Gasteiger partial charge in [-0.1, -0.05) is 25.1 Å². The molecule has 2 unspecified atom stereocenters. The first-order chi connectivity index (χ1) is 15.3. The fraction of sp³-hybridized carbons (Fsp3) is 0.348. The van der Waals surface area contributed by atoms with Crippen molar-refractivity contribution in [3.63, 3.8) is 0 Å². The highest BCUT2D eigenvalue weighted by Gasteiger charge is 2.31. The number of ether oxygens (including phenoxy) is 1. The molecule has 1 heterocycles. The van der Waals surface area contributed by atoms with E-state index in [0.29, 0.717) is 24.2 Å². The lowest BCUT2D eigenvalue weighted by atomic mass is 9.80. The van der Waals surface area contributed by atoms with Gasteiger partial charge in [-0.25, -0.2) is 9.79 Å². The van der Waals surface area contributed by atoms with Crippen LogP contribution in [0.15, 0.2) is 53.1 Å². The fourth-order valence-electron chi connectivity index (χ4n) is 3.58. The molecule has 0 aliphatic carbocycles. The van der Waals surface area contributed by atoms with E-state index < -0.39 is 11.7 Å². The minimum absolute atomic E-state index is 0.324. The van der Waals surface area contributed by atoms with Gasteiger partial charge >= 0.3 is 5.97 Å². The molecule has 2 atom stereocenters. The topological polar surface area (TPSA) is 121 Å². The van der Waals surface area contributed by atoms with Crippen molar-refractivity contribution in [3.8, 4) is 6.07 Å². The summed E-state index contributed by atoms with van der Waals surface area (Å²) in [6, 6.07) is 9.49. The van der Waals surface area contributed by atoms with Crippen LogP contribution in [0, 0.1) is 17.2 Å². The third kappa shape index (κ3) is 5.21. The van der Waals surface area contributed by atoms with Gasteiger partial charge in [-0.05, 0) is 24.1 Å². The minimum atomic E-state index is -1.38. The maximum absolute atomic E-state index is 11.9. The first-order valence-corrected chi connectivity index (χ1v) is 10.0. The maximum atomic E-state index is 11.9. The summed E-state index contributed by atoms with van der Waals surface area (Å²) in [6.07, 6.45) is 3.91. The van der Waals surface area contributed by atoms with Crippen LogP contribution in [0.25, 0.3) is 0 Å². The quantitative estimate of drug-likeness (QED) is 0.210. The standard InChI is InChI=1S/C23H27N5O4/c1-6-27(3)22(26-21(23(30)31)19(14-29)32-5)15(2)20(17-12-25-28(4)13-17)18-10-8-7-9-16(18)11-24/h7-10,12-15,20H,6H2,1-5H3,(H,30,31)/b21-19+,26-22?. The second kappa shape index (κ2) is 10.9. The number of allylic oxidation sites excluding steroid dienone is 1. The van der Waals surface area contributed by atoms with E-state index >= 15 is 0 Å². The van der Waals surface area contributed by atoms with Gasteiger partial charge in [-0.2, -0.15) is 10.4 Å². The number of rotatable bonds is 9. The molecule has 0 saturated carbocycles. The molecule has 1 aromatic carbocycles. The van der Waals surface area contributed by atoms with Crippen molar-refractivity contribution in [2.75, 3.05) is 20.7 Å². The van der Waals surface area contributed by atoms with E-state index in [4.69, 9.17) is 4.74 Å². The first-order valence-electron chi connectivity index (χ1n) is 10.0. The number of carboxylic acid groups (broad SMARTS) is 1. The number of amidine groups is 1. The summed E-state index contributed by atoms with van der Waals surface area (Å²) in [5.41, 5.74) is 1.65. The van der Waals surface area contributed by atoms with Crippen LogP contribution < -0.4 is 0 Å². The van der Waals surface area contributed by atoms with Crippen molar-refractivity contribution in [1.82, 2.24) is 14.7 Å². The number of carbonyl (C=O) groups excluding carboxylic acids is 1. The predicted octanol–water partition coefficient (Wildman–Crippen LogP) is 2.55. The number of aldehydes is 1. The number of nitriles is 1. The van der Waals surface area contributed by atoms with E-state index in [-0.39, 0.29) is 17.6 Å². The van der Waals surface area contributed by atoms with Crippen LogP contribution in [0.4, 0.5) is 0 Å². The Morgan fingerprint density at radius 1 is 1.44 bits per heavy atom. The summed E-state index contributed by atoms with van der Waals surface area (Å²) in [5.74, 6) is -2.04. The fourth-order valence-corrected chi connectivity index (χ4v) is 3.58. The zero-order chi connectivity index (χ0) is 23.8. The zero-order valence-corrected chi connectivity index (χ0v) is 18.8. The molecule has 0 bridgehead atoms. The Morgan fingerprint density at radius 2 is 2.12 bits per heavy atom. The van der Waals surface area contributed by atoms with Crippen molar-refractivity contribution in [2.24, 2.45) is 18.0 Å². The van der Waals surface area contributed by atoms with Crippen LogP contribution in [0.2, 0.25) is 0 Å². The van der Waals surface area contributed by atoms with Crippen LogP contribution in [-0.4, -0.2) is 58.6 Å². The average Bonchev–Trinajstić information content (AvgIpc) is 3.21. The molecule has 1 aromatic heterocycles. The van der Waals surface area contributed by atoms with E-state index in [1.54, 1.807) is 37.1 Å². The SMILES string of the molecule is CCN(C)C(=N/C(C(=O)O)=C(\C=O)OC)C(C)C(c1cnn(C)c1)c1ccccc1C#N. The highest BCUT2D eigenvalue weighted by atomic mass is 16.5. The number of nitrogens with zero attached hydrogens (tertiary/aromatic N) is 5. The first kappa shape index (κ1) is 24.3. The number of hydrogen-bond acceptors (Lipinski definition) is 6. The van der Waals surface area contributed by atoms with Gasteiger partial charge in [0.2, 0.25) is 0 Å². The van der Waals surface area contributed by atoms with Crippen molar-refractivity contribution in [2.45, 2.75) is 19.8 Å². The van der Waals surface area contributed by atoms with E-state index in [1.165, 1.54) is 7.11 Å². The number of aromatic nitrogens is 2. The smallest absolute Gasteiger partial charge is 0.358 e. The molecule has 1 N–H and O–H groups in total. The number of aliphatic imine (C=N–C) groups is 1. The van der Waals surface area contributed by atoms with Crippen LogP contribution >= 0.6 is 0 Å². The lowest BCUT2D eigenvalue weighted by Crippen LogP contribution is -2.35. The van der Waals surface area contributed by atoms with Gasteiger partial charge in [0.25, 0.3) is 0 Å². The molecule has 0 spiro atoms. The molecule has 2 rings (SSSR count). The molecule has 0 aliphatic rings. The Bertz CT molecular complexity index is 1080. The molecule has 2 aromatic rings. The summed E-state index contributed by atoms with van der Waals surface area (Å²) in [5, 5.41) is 23.6. The molecule has 0 radical (unpaired) electrons. The number of methoxy groups -OCH3 is 1. The van der Waals surface area contributed by atoms with Gasteiger partial charge in [0.05, 0.1) is 24.9 Å². The number of benzene rings is 1. The molecule has 32 heavy (non-hydrogen) atoms. The molecular formula is C23H27N5O4. The largest absolute Gasteiger partial charge is 0.491 e. The van der Waals surface area contributed by atoms with Crippen molar-refractivity contribution in [3.05, 3.63) is 64.8 Å². The van der Waals surface area contributed by atoms with E-state index in [1.807, 2.05) is 37.1 Å². The number of hydrogen-bond donors (Lipinski definition) is 1. The van der Waals surface area contributed by atoms with E-state index in [9.17, 15) is 20.0 Å². The predicted molar refractivity (Wildman–Crippen MR) is 119 cm³/mol. The second-order valence-electron chi connectivity index (χ2n) is 7.24. The van der Waals surface area contributed by atoms with Gasteiger partial charge < -0.3 is 14.7 Å². The number of carbonyl (C=O) groups is 2. The average molecular weight is 438 g/mol. The molecule has 168 valence electrons. The van der Waals surface area contributed by atoms with Crippen molar-refractivity contribution < 1.29 is 19.4 Å². The van der Waals surface area contributed by atoms with Gasteiger partial charge in [0.1, 0.15) is 5.84 Å². The summed E-state index contributed by atoms with van der Waals surface area (Å²) in [4.78, 5) is 29.4. The summed E-state index contributed by atoms with van der Waals surface area (Å²) < 4.78 is 6.60. The normalized spacial score (nSPS) is 14.1. The highest BCUT2D eigenvalue weighted by molar-refractivity contribution is 5.97. The molecule has 0 amide bonds.